The topological polar surface area (TPSA) is 63.2 Å². The highest BCUT2D eigenvalue weighted by molar-refractivity contribution is 7.98. The van der Waals surface area contributed by atoms with Crippen molar-refractivity contribution in [1.82, 2.24) is 5.32 Å². The number of rotatable bonds is 8. The van der Waals surface area contributed by atoms with Gasteiger partial charge in [0.1, 0.15) is 5.82 Å². The maximum Gasteiger partial charge on any atom is 0.251 e. The molecule has 4 nitrogen and oxygen atoms in total. The first-order valence-electron chi connectivity index (χ1n) is 7.71. The fourth-order valence-corrected chi connectivity index (χ4v) is 3.87. The van der Waals surface area contributed by atoms with Crippen molar-refractivity contribution in [3.63, 3.8) is 0 Å². The molecule has 0 fully saturated rings. The summed E-state index contributed by atoms with van der Waals surface area (Å²) in [4.78, 5) is 12.1. The maximum atomic E-state index is 13.5. The quantitative estimate of drug-likeness (QED) is 0.714. The Morgan fingerprint density at radius 1 is 1.16 bits per heavy atom. The standard InChI is InChI=1S/C18H20FNO3S2/c1-25(22,23)13-14-5-4-7-15(11-14)18(21)20-9-10-24-12-16-6-2-3-8-17(16)19/h2-8,11H,9-10,12-13H2,1H3,(H,20,21). The highest BCUT2D eigenvalue weighted by Gasteiger charge is 2.09. The lowest BCUT2D eigenvalue weighted by molar-refractivity contribution is 0.0956. The van der Waals surface area contributed by atoms with Crippen LogP contribution in [0.4, 0.5) is 4.39 Å². The van der Waals surface area contributed by atoms with Crippen LogP contribution in [0.2, 0.25) is 0 Å². The van der Waals surface area contributed by atoms with Crippen LogP contribution in [0.15, 0.2) is 48.5 Å². The van der Waals surface area contributed by atoms with E-state index in [0.29, 0.717) is 34.7 Å². The van der Waals surface area contributed by atoms with Gasteiger partial charge in [-0.05, 0) is 29.3 Å². The summed E-state index contributed by atoms with van der Waals surface area (Å²) in [6, 6.07) is 13.2. The third-order valence-electron chi connectivity index (χ3n) is 3.37. The molecule has 2 rings (SSSR count). The fraction of sp³-hybridized carbons (Fsp3) is 0.278. The van der Waals surface area contributed by atoms with Crippen molar-refractivity contribution >= 4 is 27.5 Å². The minimum atomic E-state index is -3.14. The zero-order valence-electron chi connectivity index (χ0n) is 13.9. The van der Waals surface area contributed by atoms with Gasteiger partial charge in [-0.15, -0.1) is 0 Å². The zero-order chi connectivity index (χ0) is 18.3. The lowest BCUT2D eigenvalue weighted by Crippen LogP contribution is -2.25. The molecule has 0 saturated heterocycles. The Balaban J connectivity index is 1.79. The van der Waals surface area contributed by atoms with E-state index in [2.05, 4.69) is 5.32 Å². The molecular weight excluding hydrogens is 361 g/mol. The first-order valence-corrected chi connectivity index (χ1v) is 10.9. The van der Waals surface area contributed by atoms with Gasteiger partial charge in [0.2, 0.25) is 0 Å². The third-order valence-corrected chi connectivity index (χ3v) is 5.23. The van der Waals surface area contributed by atoms with Crippen molar-refractivity contribution in [2.45, 2.75) is 11.5 Å². The van der Waals surface area contributed by atoms with E-state index in [1.54, 1.807) is 42.5 Å². The number of carbonyl (C=O) groups is 1. The molecule has 0 aliphatic heterocycles. The summed E-state index contributed by atoms with van der Waals surface area (Å²) in [6.07, 6.45) is 1.16. The molecule has 1 amide bonds. The molecule has 0 spiro atoms. The monoisotopic (exact) mass is 381 g/mol. The highest BCUT2D eigenvalue weighted by Crippen LogP contribution is 2.15. The molecule has 0 heterocycles. The van der Waals surface area contributed by atoms with E-state index < -0.39 is 9.84 Å². The predicted octanol–water partition coefficient (Wildman–Crippen LogP) is 3.03. The largest absolute Gasteiger partial charge is 0.351 e. The molecule has 0 aromatic heterocycles. The number of sulfone groups is 1. The number of hydrogen-bond acceptors (Lipinski definition) is 4. The van der Waals surface area contributed by atoms with Gasteiger partial charge in [0.15, 0.2) is 9.84 Å². The second-order valence-corrected chi connectivity index (χ2v) is 8.92. The summed E-state index contributed by atoms with van der Waals surface area (Å²) in [7, 11) is -3.14. The number of halogens is 1. The van der Waals surface area contributed by atoms with Crippen molar-refractivity contribution in [2.75, 3.05) is 18.6 Å². The summed E-state index contributed by atoms with van der Waals surface area (Å²) in [5, 5.41) is 2.79. The van der Waals surface area contributed by atoms with Crippen molar-refractivity contribution in [3.8, 4) is 0 Å². The average molecular weight is 381 g/mol. The predicted molar refractivity (Wildman–Crippen MR) is 99.9 cm³/mol. The number of carbonyl (C=O) groups excluding carboxylic acids is 1. The minimum Gasteiger partial charge on any atom is -0.351 e. The molecule has 0 saturated carbocycles. The van der Waals surface area contributed by atoms with E-state index in [1.165, 1.54) is 17.8 Å². The smallest absolute Gasteiger partial charge is 0.251 e. The normalized spacial score (nSPS) is 11.3. The van der Waals surface area contributed by atoms with Crippen LogP contribution in [-0.4, -0.2) is 32.9 Å². The van der Waals surface area contributed by atoms with Gasteiger partial charge in [0.05, 0.1) is 5.75 Å². The van der Waals surface area contributed by atoms with Gasteiger partial charge in [-0.25, -0.2) is 12.8 Å². The van der Waals surface area contributed by atoms with Gasteiger partial charge in [0.25, 0.3) is 5.91 Å². The van der Waals surface area contributed by atoms with Crippen molar-refractivity contribution in [1.29, 1.82) is 0 Å². The van der Waals surface area contributed by atoms with Gasteiger partial charge in [-0.1, -0.05) is 30.3 Å². The first-order chi connectivity index (χ1) is 11.8. The fourth-order valence-electron chi connectivity index (χ4n) is 2.24. The SMILES string of the molecule is CS(=O)(=O)Cc1cccc(C(=O)NCCSCc2ccccc2F)c1. The Morgan fingerprint density at radius 3 is 2.64 bits per heavy atom. The van der Waals surface area contributed by atoms with E-state index in [9.17, 15) is 17.6 Å². The second kappa shape index (κ2) is 9.01. The van der Waals surface area contributed by atoms with Crippen LogP contribution in [0, 0.1) is 5.82 Å². The molecule has 134 valence electrons. The second-order valence-electron chi connectivity index (χ2n) is 5.67. The summed E-state index contributed by atoms with van der Waals surface area (Å²) in [6.45, 7) is 0.453. The van der Waals surface area contributed by atoms with Gasteiger partial charge in [-0.2, -0.15) is 11.8 Å². The lowest BCUT2D eigenvalue weighted by atomic mass is 10.1. The van der Waals surface area contributed by atoms with Crippen LogP contribution < -0.4 is 5.32 Å². The molecule has 0 radical (unpaired) electrons. The van der Waals surface area contributed by atoms with Crippen LogP contribution in [0.3, 0.4) is 0 Å². The van der Waals surface area contributed by atoms with Crippen LogP contribution in [-0.2, 0) is 21.3 Å². The van der Waals surface area contributed by atoms with E-state index in [1.807, 2.05) is 0 Å². The van der Waals surface area contributed by atoms with Gasteiger partial charge in [-0.3, -0.25) is 4.79 Å². The van der Waals surface area contributed by atoms with E-state index in [4.69, 9.17) is 0 Å². The van der Waals surface area contributed by atoms with Crippen LogP contribution in [0.1, 0.15) is 21.5 Å². The maximum absolute atomic E-state index is 13.5. The molecule has 25 heavy (non-hydrogen) atoms. The molecule has 0 aliphatic rings. The van der Waals surface area contributed by atoms with E-state index >= 15 is 0 Å². The van der Waals surface area contributed by atoms with Crippen LogP contribution in [0.5, 0.6) is 0 Å². The van der Waals surface area contributed by atoms with Crippen molar-refractivity contribution in [3.05, 3.63) is 71.0 Å². The molecule has 2 aromatic rings. The van der Waals surface area contributed by atoms with E-state index in [-0.39, 0.29) is 17.5 Å². The van der Waals surface area contributed by atoms with Gasteiger partial charge in [0, 0.05) is 29.9 Å². The van der Waals surface area contributed by atoms with Gasteiger partial charge >= 0.3 is 0 Å². The van der Waals surface area contributed by atoms with Crippen LogP contribution >= 0.6 is 11.8 Å². The minimum absolute atomic E-state index is 0.0907. The summed E-state index contributed by atoms with van der Waals surface area (Å²) in [5.74, 6) is 0.644. The molecule has 0 bridgehead atoms. The Kier molecular flexibility index (Phi) is 7.01. The summed E-state index contributed by atoms with van der Waals surface area (Å²) in [5.41, 5.74) is 1.66. The summed E-state index contributed by atoms with van der Waals surface area (Å²) < 4.78 is 36.2. The number of amides is 1. The Bertz CT molecular complexity index is 838. The Labute approximate surface area is 151 Å². The van der Waals surface area contributed by atoms with E-state index in [0.717, 1.165) is 6.26 Å². The highest BCUT2D eigenvalue weighted by atomic mass is 32.2. The molecule has 0 atom stereocenters. The van der Waals surface area contributed by atoms with Crippen molar-refractivity contribution < 1.29 is 17.6 Å². The molecule has 1 N–H and O–H groups in total. The lowest BCUT2D eigenvalue weighted by Gasteiger charge is -2.07. The summed E-state index contributed by atoms with van der Waals surface area (Å²) >= 11 is 1.53. The molecule has 0 unspecified atom stereocenters. The Morgan fingerprint density at radius 2 is 1.92 bits per heavy atom. The number of hydrogen-bond donors (Lipinski definition) is 1. The molecule has 0 aliphatic carbocycles. The average Bonchev–Trinajstić information content (AvgIpc) is 2.54. The Hall–Kier alpha value is -1.86. The van der Waals surface area contributed by atoms with Crippen LogP contribution in [0.25, 0.3) is 0 Å². The molecule has 2 aromatic carbocycles. The number of thioether (sulfide) groups is 1. The molecular formula is C18H20FNO3S2. The zero-order valence-corrected chi connectivity index (χ0v) is 15.5. The van der Waals surface area contributed by atoms with Gasteiger partial charge < -0.3 is 5.32 Å². The van der Waals surface area contributed by atoms with Crippen molar-refractivity contribution in [2.24, 2.45) is 0 Å². The molecule has 7 heteroatoms. The number of benzene rings is 2. The third kappa shape index (κ3) is 6.88. The number of nitrogens with one attached hydrogen (secondary N) is 1. The first kappa shape index (κ1) is 19.5.